The average Bonchev–Trinajstić information content (AvgIpc) is 2.15. The van der Waals surface area contributed by atoms with Crippen molar-refractivity contribution in [1.29, 1.82) is 0 Å². The van der Waals surface area contributed by atoms with Crippen LogP contribution in [0.1, 0.15) is 5.56 Å². The SMILES string of the molecule is Cc1ccc(NCC(N)C(=O)O)c(Br)c1. The second-order valence-corrected chi connectivity index (χ2v) is 4.16. The number of aliphatic carboxylic acids is 1. The standard InChI is InChI=1S/C10H13BrN2O2/c1-6-2-3-9(7(11)4-6)13-5-8(12)10(14)15/h2-4,8,13H,5,12H2,1H3,(H,14,15). The van der Waals surface area contributed by atoms with Crippen LogP contribution in [0, 0.1) is 6.92 Å². The Kier molecular flexibility index (Phi) is 4.11. The summed E-state index contributed by atoms with van der Waals surface area (Å²) in [5, 5.41) is 11.6. The highest BCUT2D eigenvalue weighted by Gasteiger charge is 2.11. The minimum Gasteiger partial charge on any atom is -0.480 e. The van der Waals surface area contributed by atoms with Crippen molar-refractivity contribution in [3.63, 3.8) is 0 Å². The van der Waals surface area contributed by atoms with Gasteiger partial charge in [-0.25, -0.2) is 0 Å². The zero-order valence-electron chi connectivity index (χ0n) is 8.33. The molecule has 4 nitrogen and oxygen atoms in total. The van der Waals surface area contributed by atoms with Gasteiger partial charge in [0.15, 0.2) is 0 Å². The number of anilines is 1. The number of benzene rings is 1. The molecule has 1 rings (SSSR count). The molecule has 82 valence electrons. The molecule has 0 aliphatic heterocycles. The summed E-state index contributed by atoms with van der Waals surface area (Å²) in [4.78, 5) is 10.5. The van der Waals surface area contributed by atoms with Gasteiger partial charge >= 0.3 is 5.97 Å². The molecule has 1 aromatic carbocycles. The van der Waals surface area contributed by atoms with E-state index < -0.39 is 12.0 Å². The molecule has 15 heavy (non-hydrogen) atoms. The maximum atomic E-state index is 10.5. The van der Waals surface area contributed by atoms with Gasteiger partial charge in [-0.15, -0.1) is 0 Å². The van der Waals surface area contributed by atoms with Crippen LogP contribution in [-0.2, 0) is 4.79 Å². The molecule has 5 heteroatoms. The maximum absolute atomic E-state index is 10.5. The normalized spacial score (nSPS) is 12.2. The number of aryl methyl sites for hydroxylation is 1. The van der Waals surface area contributed by atoms with E-state index in [0.717, 1.165) is 15.7 Å². The quantitative estimate of drug-likeness (QED) is 0.778. The summed E-state index contributed by atoms with van der Waals surface area (Å²) in [6, 6.07) is 4.89. The molecule has 0 saturated heterocycles. The van der Waals surface area contributed by atoms with Crippen LogP contribution >= 0.6 is 15.9 Å². The molecular weight excluding hydrogens is 260 g/mol. The largest absolute Gasteiger partial charge is 0.480 e. The van der Waals surface area contributed by atoms with E-state index in [0.29, 0.717) is 0 Å². The first-order chi connectivity index (χ1) is 7.00. The predicted octanol–water partition coefficient (Wildman–Crippen LogP) is 1.58. The molecule has 0 aliphatic rings. The van der Waals surface area contributed by atoms with E-state index in [-0.39, 0.29) is 6.54 Å². The lowest BCUT2D eigenvalue weighted by Crippen LogP contribution is -2.36. The minimum absolute atomic E-state index is 0.205. The lowest BCUT2D eigenvalue weighted by atomic mass is 10.2. The van der Waals surface area contributed by atoms with Gasteiger partial charge in [-0.2, -0.15) is 0 Å². The number of carboxylic acid groups (broad SMARTS) is 1. The monoisotopic (exact) mass is 272 g/mol. The lowest BCUT2D eigenvalue weighted by Gasteiger charge is -2.11. The van der Waals surface area contributed by atoms with Crippen molar-refractivity contribution in [2.24, 2.45) is 5.73 Å². The zero-order valence-corrected chi connectivity index (χ0v) is 9.91. The fraction of sp³-hybridized carbons (Fsp3) is 0.300. The van der Waals surface area contributed by atoms with Crippen LogP contribution in [0.3, 0.4) is 0 Å². The lowest BCUT2D eigenvalue weighted by molar-refractivity contribution is -0.138. The zero-order chi connectivity index (χ0) is 11.4. The average molecular weight is 273 g/mol. The number of carbonyl (C=O) groups is 1. The molecule has 0 aliphatic carbocycles. The highest BCUT2D eigenvalue weighted by Crippen LogP contribution is 2.22. The fourth-order valence-electron chi connectivity index (χ4n) is 1.07. The van der Waals surface area contributed by atoms with Gasteiger partial charge in [0.2, 0.25) is 0 Å². The number of hydrogen-bond acceptors (Lipinski definition) is 3. The molecule has 0 heterocycles. The Morgan fingerprint density at radius 1 is 1.67 bits per heavy atom. The summed E-state index contributed by atoms with van der Waals surface area (Å²) in [5.74, 6) is -1.01. The number of hydrogen-bond donors (Lipinski definition) is 3. The van der Waals surface area contributed by atoms with Crippen molar-refractivity contribution in [2.75, 3.05) is 11.9 Å². The van der Waals surface area contributed by atoms with Gasteiger partial charge in [0.1, 0.15) is 6.04 Å². The molecule has 1 unspecified atom stereocenters. The summed E-state index contributed by atoms with van der Waals surface area (Å²) in [6.07, 6.45) is 0. The summed E-state index contributed by atoms with van der Waals surface area (Å²) in [7, 11) is 0. The summed E-state index contributed by atoms with van der Waals surface area (Å²) in [6.45, 7) is 2.19. The van der Waals surface area contributed by atoms with Gasteiger partial charge in [-0.05, 0) is 40.5 Å². The van der Waals surface area contributed by atoms with Crippen LogP contribution in [0.15, 0.2) is 22.7 Å². The summed E-state index contributed by atoms with van der Waals surface area (Å²) >= 11 is 3.38. The first kappa shape index (κ1) is 12.0. The van der Waals surface area contributed by atoms with Crippen LogP contribution in [-0.4, -0.2) is 23.7 Å². The molecule has 0 radical (unpaired) electrons. The number of nitrogens with one attached hydrogen (secondary N) is 1. The van der Waals surface area contributed by atoms with Crippen molar-refractivity contribution in [3.8, 4) is 0 Å². The van der Waals surface area contributed by atoms with Crippen molar-refractivity contribution in [2.45, 2.75) is 13.0 Å². The van der Waals surface area contributed by atoms with Crippen LogP contribution in [0.2, 0.25) is 0 Å². The maximum Gasteiger partial charge on any atom is 0.322 e. The molecule has 0 spiro atoms. The van der Waals surface area contributed by atoms with Gasteiger partial charge in [0.25, 0.3) is 0 Å². The second-order valence-electron chi connectivity index (χ2n) is 3.31. The third-order valence-corrected chi connectivity index (χ3v) is 2.61. The Morgan fingerprint density at radius 3 is 2.87 bits per heavy atom. The third kappa shape index (κ3) is 3.53. The summed E-state index contributed by atoms with van der Waals surface area (Å²) < 4.78 is 0.903. The van der Waals surface area contributed by atoms with E-state index in [2.05, 4.69) is 21.2 Å². The number of rotatable bonds is 4. The molecule has 0 fully saturated rings. The molecule has 0 aromatic heterocycles. The van der Waals surface area contributed by atoms with Crippen LogP contribution in [0.25, 0.3) is 0 Å². The highest BCUT2D eigenvalue weighted by atomic mass is 79.9. The first-order valence-electron chi connectivity index (χ1n) is 4.49. The van der Waals surface area contributed by atoms with Gasteiger partial charge in [-0.1, -0.05) is 6.07 Å². The molecule has 1 aromatic rings. The van der Waals surface area contributed by atoms with Crippen LogP contribution in [0.4, 0.5) is 5.69 Å². The van der Waals surface area contributed by atoms with Crippen molar-refractivity contribution in [3.05, 3.63) is 28.2 Å². The van der Waals surface area contributed by atoms with E-state index >= 15 is 0 Å². The smallest absolute Gasteiger partial charge is 0.322 e. The Bertz CT molecular complexity index is 368. The number of nitrogens with two attached hydrogens (primary N) is 1. The van der Waals surface area contributed by atoms with Crippen LogP contribution < -0.4 is 11.1 Å². The van der Waals surface area contributed by atoms with Gasteiger partial charge < -0.3 is 16.2 Å². The van der Waals surface area contributed by atoms with Gasteiger partial charge in [0, 0.05) is 16.7 Å². The Hall–Kier alpha value is -1.07. The minimum atomic E-state index is -1.01. The van der Waals surface area contributed by atoms with Gasteiger partial charge in [-0.3, -0.25) is 4.79 Å². The van der Waals surface area contributed by atoms with E-state index in [1.807, 2.05) is 25.1 Å². The Balaban J connectivity index is 2.62. The van der Waals surface area contributed by atoms with Crippen molar-refractivity contribution >= 4 is 27.6 Å². The number of halogens is 1. The predicted molar refractivity (Wildman–Crippen MR) is 63.0 cm³/mol. The number of carboxylic acids is 1. The Morgan fingerprint density at radius 2 is 2.33 bits per heavy atom. The van der Waals surface area contributed by atoms with Crippen molar-refractivity contribution in [1.82, 2.24) is 0 Å². The Labute approximate surface area is 96.6 Å². The first-order valence-corrected chi connectivity index (χ1v) is 5.28. The van der Waals surface area contributed by atoms with E-state index in [1.54, 1.807) is 0 Å². The molecule has 1 atom stereocenters. The van der Waals surface area contributed by atoms with Crippen LogP contribution in [0.5, 0.6) is 0 Å². The molecule has 0 amide bonds. The second kappa shape index (κ2) is 5.14. The highest BCUT2D eigenvalue weighted by molar-refractivity contribution is 9.10. The molecule has 4 N–H and O–H groups in total. The van der Waals surface area contributed by atoms with E-state index in [4.69, 9.17) is 10.8 Å². The van der Waals surface area contributed by atoms with Crippen molar-refractivity contribution < 1.29 is 9.90 Å². The fourth-order valence-corrected chi connectivity index (χ4v) is 1.70. The molecule has 0 bridgehead atoms. The molecule has 0 saturated carbocycles. The molecular formula is C10H13BrN2O2. The third-order valence-electron chi connectivity index (χ3n) is 1.95. The van der Waals surface area contributed by atoms with E-state index in [9.17, 15) is 4.79 Å². The van der Waals surface area contributed by atoms with Gasteiger partial charge in [0.05, 0.1) is 0 Å². The summed E-state index contributed by atoms with van der Waals surface area (Å²) in [5.41, 5.74) is 7.35. The topological polar surface area (TPSA) is 75.3 Å². The van der Waals surface area contributed by atoms with E-state index in [1.165, 1.54) is 0 Å².